The predicted octanol–water partition coefficient (Wildman–Crippen LogP) is 3.64. The van der Waals surface area contributed by atoms with Crippen molar-refractivity contribution in [3.05, 3.63) is 59.7 Å². The van der Waals surface area contributed by atoms with Crippen molar-refractivity contribution in [1.29, 1.82) is 0 Å². The van der Waals surface area contributed by atoms with Crippen molar-refractivity contribution >= 4 is 24.2 Å². The highest BCUT2D eigenvalue weighted by Crippen LogP contribution is 2.12. The van der Waals surface area contributed by atoms with E-state index in [0.29, 0.717) is 13.2 Å². The normalized spacial score (nSPS) is 10.9. The molecule has 2 N–H and O–H groups in total. The molecular formula is C24H30N4O4. The zero-order valence-corrected chi connectivity index (χ0v) is 18.5. The van der Waals surface area contributed by atoms with Crippen molar-refractivity contribution in [1.82, 2.24) is 10.9 Å². The third-order valence-corrected chi connectivity index (χ3v) is 4.26. The van der Waals surface area contributed by atoms with Crippen LogP contribution >= 0.6 is 0 Å². The molecule has 32 heavy (non-hydrogen) atoms. The second-order valence-corrected chi connectivity index (χ2v) is 6.94. The number of amides is 2. The molecule has 0 aliphatic rings. The number of nitrogens with one attached hydrogen (secondary N) is 2. The SMILES string of the molecule is CCCCOc1ccc(/C=N/NC(=O)C(=O)N/N=C/c2ccc(OCCCC)cc2)cc1. The lowest BCUT2D eigenvalue weighted by atomic mass is 10.2. The molecule has 0 spiro atoms. The van der Waals surface area contributed by atoms with E-state index >= 15 is 0 Å². The molecule has 2 aromatic rings. The van der Waals surface area contributed by atoms with E-state index in [1.165, 1.54) is 12.4 Å². The van der Waals surface area contributed by atoms with Gasteiger partial charge in [0.1, 0.15) is 11.5 Å². The molecule has 0 fully saturated rings. The van der Waals surface area contributed by atoms with Crippen molar-refractivity contribution < 1.29 is 19.1 Å². The molecule has 0 aliphatic carbocycles. The Morgan fingerprint density at radius 2 is 1.09 bits per heavy atom. The molecule has 0 heterocycles. The number of hydrogen-bond acceptors (Lipinski definition) is 6. The van der Waals surface area contributed by atoms with Gasteiger partial charge in [-0.25, -0.2) is 10.9 Å². The molecule has 8 heteroatoms. The van der Waals surface area contributed by atoms with Crippen LogP contribution in [0.4, 0.5) is 0 Å². The number of benzene rings is 2. The van der Waals surface area contributed by atoms with E-state index in [1.54, 1.807) is 24.3 Å². The number of carbonyl (C=O) groups is 2. The van der Waals surface area contributed by atoms with Crippen LogP contribution in [-0.2, 0) is 9.59 Å². The van der Waals surface area contributed by atoms with Crippen LogP contribution in [0.25, 0.3) is 0 Å². The Kier molecular flexibility index (Phi) is 11.0. The first-order valence-corrected chi connectivity index (χ1v) is 10.7. The lowest BCUT2D eigenvalue weighted by Gasteiger charge is -2.05. The standard InChI is InChI=1S/C24H30N4O4/c1-3-5-15-31-21-11-7-19(8-12-21)17-25-27-23(29)24(30)28-26-18-20-9-13-22(14-10-20)32-16-6-4-2/h7-14,17-18H,3-6,15-16H2,1-2H3,(H,27,29)(H,28,30)/b25-17+,26-18+. The number of hydrazone groups is 2. The summed E-state index contributed by atoms with van der Waals surface area (Å²) in [6, 6.07) is 14.5. The Balaban J connectivity index is 1.72. The predicted molar refractivity (Wildman–Crippen MR) is 125 cm³/mol. The summed E-state index contributed by atoms with van der Waals surface area (Å²) < 4.78 is 11.2. The van der Waals surface area contributed by atoms with Crippen LogP contribution in [0.3, 0.4) is 0 Å². The summed E-state index contributed by atoms with van der Waals surface area (Å²) >= 11 is 0. The van der Waals surface area contributed by atoms with Gasteiger partial charge in [0.25, 0.3) is 0 Å². The second kappa shape index (κ2) is 14.3. The van der Waals surface area contributed by atoms with Gasteiger partial charge in [-0.15, -0.1) is 0 Å². The van der Waals surface area contributed by atoms with Crippen LogP contribution in [0.1, 0.15) is 50.7 Å². The Morgan fingerprint density at radius 1 is 0.719 bits per heavy atom. The number of nitrogens with zero attached hydrogens (tertiary/aromatic N) is 2. The van der Waals surface area contributed by atoms with Crippen LogP contribution in [0.5, 0.6) is 11.5 Å². The smallest absolute Gasteiger partial charge is 0.331 e. The Labute approximate surface area is 188 Å². The molecule has 2 rings (SSSR count). The van der Waals surface area contributed by atoms with Gasteiger partial charge in [0.05, 0.1) is 25.6 Å². The number of unbranched alkanes of at least 4 members (excludes halogenated alkanes) is 2. The number of carbonyl (C=O) groups excluding carboxylic acids is 2. The van der Waals surface area contributed by atoms with Gasteiger partial charge in [-0.1, -0.05) is 26.7 Å². The Morgan fingerprint density at radius 3 is 1.44 bits per heavy atom. The molecule has 0 aromatic heterocycles. The monoisotopic (exact) mass is 438 g/mol. The highest BCUT2D eigenvalue weighted by Gasteiger charge is 2.11. The molecule has 0 radical (unpaired) electrons. The number of hydrogen-bond donors (Lipinski definition) is 2. The summed E-state index contributed by atoms with van der Waals surface area (Å²) in [7, 11) is 0. The number of ether oxygens (including phenoxy) is 2. The summed E-state index contributed by atoms with van der Waals surface area (Å²) in [6.07, 6.45) is 7.03. The Hall–Kier alpha value is -3.68. The molecule has 2 amide bonds. The highest BCUT2D eigenvalue weighted by atomic mass is 16.5. The van der Waals surface area contributed by atoms with Gasteiger partial charge < -0.3 is 9.47 Å². The fourth-order valence-corrected chi connectivity index (χ4v) is 2.40. The summed E-state index contributed by atoms with van der Waals surface area (Å²) in [4.78, 5) is 23.6. The fraction of sp³-hybridized carbons (Fsp3) is 0.333. The van der Waals surface area contributed by atoms with Gasteiger partial charge in [-0.2, -0.15) is 10.2 Å². The first kappa shape index (κ1) is 24.6. The summed E-state index contributed by atoms with van der Waals surface area (Å²) in [6.45, 7) is 5.56. The third-order valence-electron chi connectivity index (χ3n) is 4.26. The van der Waals surface area contributed by atoms with Crippen molar-refractivity contribution in [2.75, 3.05) is 13.2 Å². The van der Waals surface area contributed by atoms with Crippen LogP contribution < -0.4 is 20.3 Å². The highest BCUT2D eigenvalue weighted by molar-refractivity contribution is 6.35. The van der Waals surface area contributed by atoms with E-state index in [1.807, 2.05) is 24.3 Å². The molecule has 0 bridgehead atoms. The number of rotatable bonds is 12. The minimum absolute atomic E-state index is 0.677. The largest absolute Gasteiger partial charge is 0.494 e. The van der Waals surface area contributed by atoms with E-state index in [9.17, 15) is 9.59 Å². The first-order chi connectivity index (χ1) is 15.6. The average Bonchev–Trinajstić information content (AvgIpc) is 2.81. The molecule has 2 aromatic carbocycles. The van der Waals surface area contributed by atoms with Crippen LogP contribution in [0.2, 0.25) is 0 Å². The van der Waals surface area contributed by atoms with E-state index in [-0.39, 0.29) is 0 Å². The van der Waals surface area contributed by atoms with E-state index in [0.717, 1.165) is 48.3 Å². The van der Waals surface area contributed by atoms with Crippen molar-refractivity contribution in [3.8, 4) is 11.5 Å². The molecule has 0 aliphatic heterocycles. The molecule has 8 nitrogen and oxygen atoms in total. The maximum absolute atomic E-state index is 11.8. The molecule has 0 saturated heterocycles. The summed E-state index contributed by atoms with van der Waals surface area (Å²) in [5, 5.41) is 7.56. The minimum atomic E-state index is -0.919. The van der Waals surface area contributed by atoms with Crippen molar-refractivity contribution in [2.24, 2.45) is 10.2 Å². The zero-order chi connectivity index (χ0) is 23.0. The molecule has 0 unspecified atom stereocenters. The third kappa shape index (κ3) is 9.42. The van der Waals surface area contributed by atoms with Gasteiger partial charge in [0.15, 0.2) is 0 Å². The Bertz CT molecular complexity index is 818. The maximum atomic E-state index is 11.8. The van der Waals surface area contributed by atoms with E-state index in [4.69, 9.17) is 9.47 Å². The molecule has 0 saturated carbocycles. The minimum Gasteiger partial charge on any atom is -0.494 e. The van der Waals surface area contributed by atoms with Crippen LogP contribution in [-0.4, -0.2) is 37.5 Å². The zero-order valence-electron chi connectivity index (χ0n) is 18.5. The van der Waals surface area contributed by atoms with E-state index < -0.39 is 11.8 Å². The fourth-order valence-electron chi connectivity index (χ4n) is 2.40. The van der Waals surface area contributed by atoms with Crippen molar-refractivity contribution in [3.63, 3.8) is 0 Å². The van der Waals surface area contributed by atoms with Gasteiger partial charge in [0.2, 0.25) is 0 Å². The van der Waals surface area contributed by atoms with Crippen LogP contribution in [0, 0.1) is 0 Å². The molecule has 0 atom stereocenters. The maximum Gasteiger partial charge on any atom is 0.331 e. The van der Waals surface area contributed by atoms with Crippen molar-refractivity contribution in [2.45, 2.75) is 39.5 Å². The molecule has 170 valence electrons. The van der Waals surface area contributed by atoms with Gasteiger partial charge in [-0.3, -0.25) is 9.59 Å². The van der Waals surface area contributed by atoms with E-state index in [2.05, 4.69) is 34.9 Å². The van der Waals surface area contributed by atoms with Gasteiger partial charge >= 0.3 is 11.8 Å². The average molecular weight is 439 g/mol. The summed E-state index contributed by atoms with van der Waals surface area (Å²) in [5.74, 6) is -0.291. The molecular weight excluding hydrogens is 408 g/mol. The lowest BCUT2D eigenvalue weighted by molar-refractivity contribution is -0.139. The van der Waals surface area contributed by atoms with Gasteiger partial charge in [-0.05, 0) is 72.5 Å². The topological polar surface area (TPSA) is 101 Å². The lowest BCUT2D eigenvalue weighted by Crippen LogP contribution is -2.35. The quantitative estimate of drug-likeness (QED) is 0.229. The summed E-state index contributed by atoms with van der Waals surface area (Å²) in [5.41, 5.74) is 5.85. The second-order valence-electron chi connectivity index (χ2n) is 6.94. The van der Waals surface area contributed by atoms with Gasteiger partial charge in [0, 0.05) is 0 Å². The first-order valence-electron chi connectivity index (χ1n) is 10.7. The van der Waals surface area contributed by atoms with Crippen LogP contribution in [0.15, 0.2) is 58.7 Å².